The Morgan fingerprint density at radius 1 is 1.03 bits per heavy atom. The van der Waals surface area contributed by atoms with Gasteiger partial charge in [-0.25, -0.2) is 0 Å². The molecule has 29 heavy (non-hydrogen) atoms. The molecular formula is C23H27N3O3. The Bertz CT molecular complexity index is 948. The van der Waals surface area contributed by atoms with Crippen LogP contribution in [0.3, 0.4) is 0 Å². The van der Waals surface area contributed by atoms with Gasteiger partial charge >= 0.3 is 0 Å². The molecular weight excluding hydrogens is 366 g/mol. The average Bonchev–Trinajstić information content (AvgIpc) is 3.52. The van der Waals surface area contributed by atoms with E-state index in [0.717, 1.165) is 35.6 Å². The molecule has 6 nitrogen and oxygen atoms in total. The molecule has 1 aromatic heterocycles. The molecule has 0 radical (unpaired) electrons. The smallest absolute Gasteiger partial charge is 0.241 e. The fourth-order valence-corrected chi connectivity index (χ4v) is 3.48. The molecule has 1 fully saturated rings. The summed E-state index contributed by atoms with van der Waals surface area (Å²) in [6, 6.07) is 14.7. The zero-order chi connectivity index (χ0) is 20.2. The minimum absolute atomic E-state index is 0.532. The zero-order valence-electron chi connectivity index (χ0n) is 17.2. The molecule has 0 N–H and O–H groups in total. The number of rotatable bonds is 9. The lowest BCUT2D eigenvalue weighted by Gasteiger charge is -2.21. The molecule has 0 unspecified atom stereocenters. The summed E-state index contributed by atoms with van der Waals surface area (Å²) in [5, 5.41) is 4.19. The maximum atomic E-state index is 5.56. The largest absolute Gasteiger partial charge is 0.497 e. The summed E-state index contributed by atoms with van der Waals surface area (Å²) in [4.78, 5) is 7.00. The summed E-state index contributed by atoms with van der Waals surface area (Å²) < 4.78 is 16.5. The van der Waals surface area contributed by atoms with Crippen molar-refractivity contribution < 1.29 is 14.0 Å². The third-order valence-corrected chi connectivity index (χ3v) is 5.35. The van der Waals surface area contributed by atoms with Gasteiger partial charge in [-0.2, -0.15) is 4.98 Å². The van der Waals surface area contributed by atoms with Crippen molar-refractivity contribution in [3.8, 4) is 22.9 Å². The van der Waals surface area contributed by atoms with E-state index in [1.54, 1.807) is 14.2 Å². The lowest BCUT2D eigenvalue weighted by Crippen LogP contribution is -2.25. The minimum Gasteiger partial charge on any atom is -0.497 e. The number of ether oxygens (including phenoxy) is 2. The Hall–Kier alpha value is -2.86. The second kappa shape index (κ2) is 8.66. The Kier molecular flexibility index (Phi) is 5.81. The second-order valence-corrected chi connectivity index (χ2v) is 7.38. The normalized spacial score (nSPS) is 13.7. The maximum Gasteiger partial charge on any atom is 0.241 e. The number of benzene rings is 2. The Morgan fingerprint density at radius 3 is 2.48 bits per heavy atom. The van der Waals surface area contributed by atoms with Gasteiger partial charge < -0.3 is 14.0 Å². The van der Waals surface area contributed by atoms with Crippen LogP contribution in [0.15, 0.2) is 47.0 Å². The van der Waals surface area contributed by atoms with E-state index < -0.39 is 0 Å². The van der Waals surface area contributed by atoms with Crippen LogP contribution in [0.5, 0.6) is 11.5 Å². The van der Waals surface area contributed by atoms with Crippen LogP contribution in [-0.2, 0) is 19.5 Å². The average molecular weight is 393 g/mol. The highest BCUT2D eigenvalue weighted by atomic mass is 16.5. The van der Waals surface area contributed by atoms with Gasteiger partial charge in [-0.15, -0.1) is 0 Å². The molecule has 0 bridgehead atoms. The van der Waals surface area contributed by atoms with Crippen LogP contribution in [0, 0.1) is 0 Å². The van der Waals surface area contributed by atoms with Gasteiger partial charge in [0.25, 0.3) is 0 Å². The van der Waals surface area contributed by atoms with Gasteiger partial charge in [0, 0.05) is 23.7 Å². The van der Waals surface area contributed by atoms with E-state index in [1.807, 2.05) is 30.3 Å². The monoisotopic (exact) mass is 393 g/mol. The fourth-order valence-electron chi connectivity index (χ4n) is 3.48. The van der Waals surface area contributed by atoms with Crippen molar-refractivity contribution in [2.45, 2.75) is 45.3 Å². The van der Waals surface area contributed by atoms with Crippen molar-refractivity contribution in [3.63, 3.8) is 0 Å². The SMILES string of the molecule is CCc1ccc(-c2noc(CN(Cc3cc(OC)ccc3OC)C3CC3)n2)cc1. The van der Waals surface area contributed by atoms with Crippen LogP contribution >= 0.6 is 0 Å². The Balaban J connectivity index is 1.50. The van der Waals surface area contributed by atoms with E-state index in [1.165, 1.54) is 18.4 Å². The lowest BCUT2D eigenvalue weighted by molar-refractivity contribution is 0.207. The standard InChI is InChI=1S/C23H27N3O3/c1-4-16-5-7-17(8-6-16)23-24-22(29-25-23)15-26(19-9-10-19)14-18-13-20(27-2)11-12-21(18)28-3/h5-8,11-13,19H,4,9-10,14-15H2,1-3H3. The quantitative estimate of drug-likeness (QED) is 0.534. The molecule has 1 aliphatic rings. The molecule has 0 amide bonds. The van der Waals surface area contributed by atoms with Gasteiger partial charge in [-0.05, 0) is 43.0 Å². The maximum absolute atomic E-state index is 5.56. The first kappa shape index (κ1) is 19.5. The number of aryl methyl sites for hydroxylation is 1. The van der Waals surface area contributed by atoms with Crippen LogP contribution in [0.1, 0.15) is 36.8 Å². The van der Waals surface area contributed by atoms with E-state index >= 15 is 0 Å². The molecule has 4 rings (SSSR count). The van der Waals surface area contributed by atoms with Crippen molar-refractivity contribution >= 4 is 0 Å². The number of methoxy groups -OCH3 is 2. The van der Waals surface area contributed by atoms with E-state index in [2.05, 4.69) is 34.1 Å². The lowest BCUT2D eigenvalue weighted by atomic mass is 10.1. The highest BCUT2D eigenvalue weighted by molar-refractivity contribution is 5.54. The molecule has 1 aliphatic carbocycles. The number of hydrogen-bond donors (Lipinski definition) is 0. The number of nitrogens with zero attached hydrogens (tertiary/aromatic N) is 3. The van der Waals surface area contributed by atoms with Crippen molar-refractivity contribution in [1.82, 2.24) is 15.0 Å². The molecule has 6 heteroatoms. The van der Waals surface area contributed by atoms with E-state index in [4.69, 9.17) is 14.0 Å². The van der Waals surface area contributed by atoms with Crippen LogP contribution in [0.4, 0.5) is 0 Å². The molecule has 1 heterocycles. The zero-order valence-corrected chi connectivity index (χ0v) is 17.2. The van der Waals surface area contributed by atoms with Gasteiger partial charge in [-0.1, -0.05) is 36.3 Å². The summed E-state index contributed by atoms with van der Waals surface area (Å²) in [6.07, 6.45) is 3.39. The third kappa shape index (κ3) is 4.59. The van der Waals surface area contributed by atoms with Crippen LogP contribution < -0.4 is 9.47 Å². The second-order valence-electron chi connectivity index (χ2n) is 7.38. The van der Waals surface area contributed by atoms with Crippen LogP contribution in [-0.4, -0.2) is 35.3 Å². The number of hydrogen-bond acceptors (Lipinski definition) is 6. The molecule has 0 spiro atoms. The predicted molar refractivity (Wildman–Crippen MR) is 111 cm³/mol. The van der Waals surface area contributed by atoms with Crippen LogP contribution in [0.2, 0.25) is 0 Å². The first-order valence-corrected chi connectivity index (χ1v) is 10.1. The van der Waals surface area contributed by atoms with Crippen molar-refractivity contribution in [3.05, 3.63) is 59.5 Å². The van der Waals surface area contributed by atoms with Gasteiger partial charge in [0.1, 0.15) is 11.5 Å². The van der Waals surface area contributed by atoms with E-state index in [0.29, 0.717) is 24.3 Å². The van der Waals surface area contributed by atoms with Gasteiger partial charge in [0.05, 0.1) is 20.8 Å². The van der Waals surface area contributed by atoms with Gasteiger partial charge in [0.2, 0.25) is 11.7 Å². The summed E-state index contributed by atoms with van der Waals surface area (Å²) in [5.74, 6) is 2.96. The third-order valence-electron chi connectivity index (χ3n) is 5.35. The number of aromatic nitrogens is 2. The van der Waals surface area contributed by atoms with Crippen molar-refractivity contribution in [1.29, 1.82) is 0 Å². The first-order valence-electron chi connectivity index (χ1n) is 10.1. The highest BCUT2D eigenvalue weighted by Gasteiger charge is 2.31. The van der Waals surface area contributed by atoms with Gasteiger partial charge in [-0.3, -0.25) is 4.90 Å². The van der Waals surface area contributed by atoms with E-state index in [9.17, 15) is 0 Å². The summed E-state index contributed by atoms with van der Waals surface area (Å²) in [7, 11) is 3.37. The molecule has 1 saturated carbocycles. The van der Waals surface area contributed by atoms with E-state index in [-0.39, 0.29) is 0 Å². The first-order chi connectivity index (χ1) is 14.2. The summed E-state index contributed by atoms with van der Waals surface area (Å²) >= 11 is 0. The molecule has 0 saturated heterocycles. The molecule has 0 aliphatic heterocycles. The predicted octanol–water partition coefficient (Wildman–Crippen LogP) is 4.48. The Morgan fingerprint density at radius 2 is 1.83 bits per heavy atom. The molecule has 3 aromatic rings. The minimum atomic E-state index is 0.532. The Labute approximate surface area is 171 Å². The summed E-state index contributed by atoms with van der Waals surface area (Å²) in [6.45, 7) is 3.50. The topological polar surface area (TPSA) is 60.6 Å². The van der Waals surface area contributed by atoms with Gasteiger partial charge in [0.15, 0.2) is 0 Å². The molecule has 2 aromatic carbocycles. The fraction of sp³-hybridized carbons (Fsp3) is 0.391. The van der Waals surface area contributed by atoms with Crippen LogP contribution in [0.25, 0.3) is 11.4 Å². The van der Waals surface area contributed by atoms with Crippen molar-refractivity contribution in [2.24, 2.45) is 0 Å². The van der Waals surface area contributed by atoms with Crippen molar-refractivity contribution in [2.75, 3.05) is 14.2 Å². The summed E-state index contributed by atoms with van der Waals surface area (Å²) in [5.41, 5.74) is 3.36. The highest BCUT2D eigenvalue weighted by Crippen LogP contribution is 2.33. The molecule has 152 valence electrons. The molecule has 0 atom stereocenters.